The minimum atomic E-state index is -0.208. The maximum absolute atomic E-state index is 12.2. The van der Waals surface area contributed by atoms with E-state index in [1.807, 2.05) is 20.0 Å². The number of carbonyl (C=O) groups excluding carboxylic acids is 1. The lowest BCUT2D eigenvalue weighted by Crippen LogP contribution is -2.39. The largest absolute Gasteiger partial charge is 0.336 e. The van der Waals surface area contributed by atoms with Crippen molar-refractivity contribution < 1.29 is 4.79 Å². The molecule has 2 rings (SSSR count). The number of anilines is 1. The van der Waals surface area contributed by atoms with E-state index >= 15 is 0 Å². The summed E-state index contributed by atoms with van der Waals surface area (Å²) in [4.78, 5) is 14.5. The minimum Gasteiger partial charge on any atom is -0.336 e. The number of likely N-dealkylation sites (N-methyl/N-ethyl adjacent to an activating group) is 1. The molecule has 23 heavy (non-hydrogen) atoms. The number of nitrogens with one attached hydrogen (secondary N) is 2. The SMILES string of the molecule is CCN(CC)[C@@H](CNC(=O)Nc1cc(C)nn1C)c1ccsc1. The third-order valence-electron chi connectivity index (χ3n) is 3.88. The fourth-order valence-corrected chi connectivity index (χ4v) is 3.37. The normalized spacial score (nSPS) is 12.4. The second-order valence-corrected chi connectivity index (χ2v) is 6.20. The van der Waals surface area contributed by atoms with Gasteiger partial charge in [0.25, 0.3) is 0 Å². The van der Waals surface area contributed by atoms with E-state index < -0.39 is 0 Å². The van der Waals surface area contributed by atoms with E-state index in [-0.39, 0.29) is 12.1 Å². The number of carbonyl (C=O) groups is 1. The van der Waals surface area contributed by atoms with Gasteiger partial charge >= 0.3 is 6.03 Å². The van der Waals surface area contributed by atoms with Gasteiger partial charge in [-0.1, -0.05) is 13.8 Å². The fourth-order valence-electron chi connectivity index (χ4n) is 2.66. The molecule has 0 aromatic carbocycles. The van der Waals surface area contributed by atoms with Crippen LogP contribution in [-0.2, 0) is 7.05 Å². The van der Waals surface area contributed by atoms with Crippen molar-refractivity contribution in [2.75, 3.05) is 25.0 Å². The van der Waals surface area contributed by atoms with Crippen LogP contribution in [0.25, 0.3) is 0 Å². The van der Waals surface area contributed by atoms with Crippen LogP contribution in [0.15, 0.2) is 22.9 Å². The van der Waals surface area contributed by atoms with Crippen LogP contribution < -0.4 is 10.6 Å². The van der Waals surface area contributed by atoms with Crippen molar-refractivity contribution in [2.45, 2.75) is 26.8 Å². The predicted octanol–water partition coefficient (Wildman–Crippen LogP) is 2.99. The molecule has 6 nitrogen and oxygen atoms in total. The standard InChI is InChI=1S/C16H25N5OS/c1-5-21(6-2)14(13-7-8-23-11-13)10-17-16(22)18-15-9-12(3)19-20(15)4/h7-9,11,14H,5-6,10H2,1-4H3,(H2,17,18,22)/t14-/m0/s1. The lowest BCUT2D eigenvalue weighted by Gasteiger charge is -2.29. The van der Waals surface area contributed by atoms with Gasteiger partial charge in [0.05, 0.1) is 11.7 Å². The summed E-state index contributed by atoms with van der Waals surface area (Å²) >= 11 is 1.68. The van der Waals surface area contributed by atoms with Crippen molar-refractivity contribution in [1.29, 1.82) is 0 Å². The van der Waals surface area contributed by atoms with Gasteiger partial charge in [-0.25, -0.2) is 4.79 Å². The van der Waals surface area contributed by atoms with Crippen LogP contribution in [-0.4, -0.2) is 40.3 Å². The smallest absolute Gasteiger partial charge is 0.320 e. The van der Waals surface area contributed by atoms with E-state index in [0.717, 1.165) is 18.8 Å². The predicted molar refractivity (Wildman–Crippen MR) is 94.9 cm³/mol. The highest BCUT2D eigenvalue weighted by Crippen LogP contribution is 2.22. The summed E-state index contributed by atoms with van der Waals surface area (Å²) in [5, 5.41) is 14.3. The number of thiophene rings is 1. The molecule has 0 spiro atoms. The summed E-state index contributed by atoms with van der Waals surface area (Å²) in [5.41, 5.74) is 2.12. The lowest BCUT2D eigenvalue weighted by molar-refractivity contribution is 0.210. The summed E-state index contributed by atoms with van der Waals surface area (Å²) in [5.74, 6) is 0.690. The Labute approximate surface area is 141 Å². The zero-order chi connectivity index (χ0) is 16.8. The third kappa shape index (κ3) is 4.56. The van der Waals surface area contributed by atoms with Crippen LogP contribution in [0, 0.1) is 6.92 Å². The number of amides is 2. The van der Waals surface area contributed by atoms with Gasteiger partial charge < -0.3 is 5.32 Å². The Bertz CT molecular complexity index is 618. The van der Waals surface area contributed by atoms with Gasteiger partial charge in [-0.3, -0.25) is 14.9 Å². The number of rotatable bonds is 7. The van der Waals surface area contributed by atoms with E-state index in [2.05, 4.69) is 51.3 Å². The van der Waals surface area contributed by atoms with Crippen molar-refractivity contribution in [1.82, 2.24) is 20.0 Å². The van der Waals surface area contributed by atoms with Gasteiger partial charge in [-0.2, -0.15) is 16.4 Å². The van der Waals surface area contributed by atoms with Gasteiger partial charge in [0, 0.05) is 19.7 Å². The first-order valence-corrected chi connectivity index (χ1v) is 8.81. The van der Waals surface area contributed by atoms with Gasteiger partial charge in [-0.05, 0) is 42.4 Å². The molecule has 2 aromatic rings. The molecule has 126 valence electrons. The molecular formula is C16H25N5OS. The Balaban J connectivity index is 1.98. The van der Waals surface area contributed by atoms with Crippen molar-refractivity contribution in [3.63, 3.8) is 0 Å². The van der Waals surface area contributed by atoms with E-state index in [9.17, 15) is 4.79 Å². The summed E-state index contributed by atoms with van der Waals surface area (Å²) in [6.45, 7) is 8.64. The molecule has 0 fully saturated rings. The lowest BCUT2D eigenvalue weighted by atomic mass is 10.1. The molecule has 0 aliphatic heterocycles. The van der Waals surface area contributed by atoms with E-state index in [4.69, 9.17) is 0 Å². The van der Waals surface area contributed by atoms with Gasteiger partial charge in [0.1, 0.15) is 5.82 Å². The molecule has 0 saturated heterocycles. The highest BCUT2D eigenvalue weighted by atomic mass is 32.1. The summed E-state index contributed by atoms with van der Waals surface area (Å²) in [7, 11) is 1.81. The van der Waals surface area contributed by atoms with Crippen LogP contribution in [0.1, 0.15) is 31.1 Å². The first-order chi connectivity index (χ1) is 11.0. The first kappa shape index (κ1) is 17.5. The Morgan fingerprint density at radius 2 is 2.17 bits per heavy atom. The van der Waals surface area contributed by atoms with Crippen molar-refractivity contribution in [3.05, 3.63) is 34.2 Å². The molecule has 7 heteroatoms. The van der Waals surface area contributed by atoms with E-state index in [1.165, 1.54) is 5.56 Å². The average molecular weight is 335 g/mol. The van der Waals surface area contributed by atoms with Crippen LogP contribution in [0.4, 0.5) is 10.6 Å². The first-order valence-electron chi connectivity index (χ1n) is 7.86. The van der Waals surface area contributed by atoms with Gasteiger partial charge in [0.2, 0.25) is 0 Å². The summed E-state index contributed by atoms with van der Waals surface area (Å²) in [6.07, 6.45) is 0. The van der Waals surface area contributed by atoms with Gasteiger partial charge in [-0.15, -0.1) is 0 Å². The average Bonchev–Trinajstić information content (AvgIpc) is 3.14. The highest BCUT2D eigenvalue weighted by Gasteiger charge is 2.19. The van der Waals surface area contributed by atoms with Crippen LogP contribution >= 0.6 is 11.3 Å². The second-order valence-electron chi connectivity index (χ2n) is 5.42. The van der Waals surface area contributed by atoms with Crippen LogP contribution in [0.5, 0.6) is 0 Å². The monoisotopic (exact) mass is 335 g/mol. The number of urea groups is 1. The van der Waals surface area contributed by atoms with E-state index in [0.29, 0.717) is 12.4 Å². The zero-order valence-corrected chi connectivity index (χ0v) is 15.0. The number of aryl methyl sites for hydroxylation is 2. The van der Waals surface area contributed by atoms with E-state index in [1.54, 1.807) is 16.0 Å². The molecule has 0 radical (unpaired) electrons. The molecule has 0 aliphatic rings. The topological polar surface area (TPSA) is 62.2 Å². The molecule has 0 unspecified atom stereocenters. The third-order valence-corrected chi connectivity index (χ3v) is 4.58. The summed E-state index contributed by atoms with van der Waals surface area (Å²) < 4.78 is 1.66. The molecule has 2 amide bonds. The maximum Gasteiger partial charge on any atom is 0.320 e. The number of aromatic nitrogens is 2. The maximum atomic E-state index is 12.2. The molecule has 2 N–H and O–H groups in total. The summed E-state index contributed by atoms with van der Waals surface area (Å²) in [6, 6.07) is 3.95. The second kappa shape index (κ2) is 8.12. The Hall–Kier alpha value is -1.86. The molecule has 0 aliphatic carbocycles. The molecule has 2 aromatic heterocycles. The Morgan fingerprint density at radius 3 is 2.70 bits per heavy atom. The zero-order valence-electron chi connectivity index (χ0n) is 14.2. The fraction of sp³-hybridized carbons (Fsp3) is 0.500. The number of hydrogen-bond acceptors (Lipinski definition) is 4. The number of nitrogens with zero attached hydrogens (tertiary/aromatic N) is 3. The highest BCUT2D eigenvalue weighted by molar-refractivity contribution is 7.07. The molecule has 2 heterocycles. The Morgan fingerprint density at radius 1 is 1.43 bits per heavy atom. The van der Waals surface area contributed by atoms with Crippen molar-refractivity contribution in [2.24, 2.45) is 7.05 Å². The Kier molecular flexibility index (Phi) is 6.18. The minimum absolute atomic E-state index is 0.190. The quantitative estimate of drug-likeness (QED) is 0.818. The van der Waals surface area contributed by atoms with Gasteiger partial charge in [0.15, 0.2) is 0 Å². The van der Waals surface area contributed by atoms with Crippen LogP contribution in [0.3, 0.4) is 0 Å². The molecule has 0 saturated carbocycles. The molecular weight excluding hydrogens is 310 g/mol. The molecule has 1 atom stereocenters. The number of hydrogen-bond donors (Lipinski definition) is 2. The molecule has 0 bridgehead atoms. The van der Waals surface area contributed by atoms with Crippen LogP contribution in [0.2, 0.25) is 0 Å². The van der Waals surface area contributed by atoms with Crippen molar-refractivity contribution >= 4 is 23.2 Å². The van der Waals surface area contributed by atoms with Crippen molar-refractivity contribution in [3.8, 4) is 0 Å².